The molecule has 0 saturated heterocycles. The second kappa shape index (κ2) is 16.3. The van der Waals surface area contributed by atoms with E-state index in [1.54, 1.807) is 6.92 Å². The van der Waals surface area contributed by atoms with Gasteiger partial charge in [0, 0.05) is 19.9 Å². The molecule has 0 radical (unpaired) electrons. The molecule has 0 bridgehead atoms. The van der Waals surface area contributed by atoms with Gasteiger partial charge in [-0.1, -0.05) is 65.2 Å². The summed E-state index contributed by atoms with van der Waals surface area (Å²) in [4.78, 5) is 27.5. The third-order valence-electron chi connectivity index (χ3n) is 3.37. The zero-order valence-electron chi connectivity index (χ0n) is 15.5. The maximum absolute atomic E-state index is 11.7. The van der Waals surface area contributed by atoms with Crippen LogP contribution in [0.25, 0.3) is 0 Å². The Morgan fingerprint density at radius 1 is 0.905 bits per heavy atom. The number of hydrogen-bond donors (Lipinski definition) is 0. The van der Waals surface area contributed by atoms with Crippen LogP contribution >= 0.6 is 0 Å². The molecular weight excluding hydrogens is 277 g/mol. The molecule has 0 heterocycles. The van der Waals surface area contributed by atoms with Gasteiger partial charge >= 0.3 is 35.5 Å². The Hall–Kier alpha value is -0.0600. The molecule has 5 heteroatoms. The summed E-state index contributed by atoms with van der Waals surface area (Å²) in [7, 11) is 1.50. The van der Waals surface area contributed by atoms with Gasteiger partial charge < -0.3 is 6.26 Å². The zero-order valence-corrected chi connectivity index (χ0v) is 16.5. The first-order chi connectivity index (χ1) is 9.61. The summed E-state index contributed by atoms with van der Waals surface area (Å²) in [5.41, 5.74) is 0. The Morgan fingerprint density at radius 2 is 1.38 bits per heavy atom. The number of hydrogen-bond acceptors (Lipinski definition) is 3. The Labute approximate surface area is 153 Å². The third kappa shape index (κ3) is 14.6. The number of carbonyl (C=O) groups is 2. The summed E-state index contributed by atoms with van der Waals surface area (Å²) < 4.78 is 0. The average Bonchev–Trinajstić information content (AvgIpc) is 2.45. The predicted octanol–water partition coefficient (Wildman–Crippen LogP) is 1.35. The van der Waals surface area contributed by atoms with Crippen LogP contribution in [0.15, 0.2) is 0 Å². The molecule has 0 N–H and O–H groups in total. The van der Waals surface area contributed by atoms with Gasteiger partial charge in [-0.15, -0.1) is 0 Å². The van der Waals surface area contributed by atoms with Crippen molar-refractivity contribution in [3.63, 3.8) is 0 Å². The van der Waals surface area contributed by atoms with E-state index in [0.29, 0.717) is 6.42 Å². The summed E-state index contributed by atoms with van der Waals surface area (Å²) >= 11 is 0. The van der Waals surface area contributed by atoms with Crippen molar-refractivity contribution in [3.8, 4) is 0 Å². The standard InChI is InChI=1S/C16H31NO3.Na.H/c1-4-6-7-8-9-10-11-12-13-14-15(18)17(3)20-16(19)5-2;;/h4-14H2,1-3H3;;/q;+1;-1. The zero-order chi connectivity index (χ0) is 15.2. The monoisotopic (exact) mass is 309 g/mol. The van der Waals surface area contributed by atoms with Crippen LogP contribution < -0.4 is 29.6 Å². The first-order valence-electron chi connectivity index (χ1n) is 8.09. The van der Waals surface area contributed by atoms with Gasteiger partial charge in [0.15, 0.2) is 0 Å². The van der Waals surface area contributed by atoms with E-state index < -0.39 is 0 Å². The Kier molecular flexibility index (Phi) is 18.0. The molecule has 1 amide bonds. The minimum Gasteiger partial charge on any atom is -1.00 e. The number of rotatable bonds is 11. The first-order valence-corrected chi connectivity index (χ1v) is 8.09. The fourth-order valence-electron chi connectivity index (χ4n) is 2.01. The Morgan fingerprint density at radius 3 is 1.86 bits per heavy atom. The number of unbranched alkanes of at least 4 members (excludes halogenated alkanes) is 8. The van der Waals surface area contributed by atoms with E-state index in [-0.39, 0.29) is 49.3 Å². The van der Waals surface area contributed by atoms with E-state index in [9.17, 15) is 9.59 Å². The van der Waals surface area contributed by atoms with Gasteiger partial charge in [-0.2, -0.15) is 5.06 Å². The molecule has 0 atom stereocenters. The van der Waals surface area contributed by atoms with Gasteiger partial charge in [0.2, 0.25) is 0 Å². The number of hydroxylamine groups is 2. The molecule has 0 unspecified atom stereocenters. The van der Waals surface area contributed by atoms with E-state index >= 15 is 0 Å². The largest absolute Gasteiger partial charge is 1.00 e. The van der Waals surface area contributed by atoms with Gasteiger partial charge in [0.1, 0.15) is 0 Å². The second-order valence-corrected chi connectivity index (χ2v) is 5.29. The molecule has 120 valence electrons. The molecule has 0 spiro atoms. The molecule has 21 heavy (non-hydrogen) atoms. The van der Waals surface area contributed by atoms with Crippen molar-refractivity contribution in [3.05, 3.63) is 0 Å². The SMILES string of the molecule is CCCCCCCCCCCC(=O)N(C)OC(=O)CC.[H-].[Na+]. The van der Waals surface area contributed by atoms with Gasteiger partial charge in [-0.3, -0.25) is 4.79 Å². The van der Waals surface area contributed by atoms with E-state index in [4.69, 9.17) is 4.84 Å². The van der Waals surface area contributed by atoms with E-state index in [1.165, 1.54) is 52.0 Å². The normalized spacial score (nSPS) is 9.86. The van der Waals surface area contributed by atoms with Crippen LogP contribution in [-0.4, -0.2) is 24.0 Å². The molecule has 4 nitrogen and oxygen atoms in total. The number of nitrogens with zero attached hydrogens (tertiary/aromatic N) is 1. The van der Waals surface area contributed by atoms with E-state index in [0.717, 1.165) is 17.9 Å². The number of carbonyl (C=O) groups excluding carboxylic acids is 2. The summed E-state index contributed by atoms with van der Waals surface area (Å²) in [5.74, 6) is -0.484. The van der Waals surface area contributed by atoms with Crippen molar-refractivity contribution in [1.29, 1.82) is 0 Å². The average molecular weight is 309 g/mol. The molecule has 0 fully saturated rings. The minimum atomic E-state index is -0.368. The Balaban J connectivity index is -0.00000180. The quantitative estimate of drug-likeness (QED) is 0.329. The van der Waals surface area contributed by atoms with Crippen LogP contribution in [0.2, 0.25) is 0 Å². The van der Waals surface area contributed by atoms with Crippen LogP contribution in [0.5, 0.6) is 0 Å². The molecule has 0 aromatic carbocycles. The summed E-state index contributed by atoms with van der Waals surface area (Å²) in [6.45, 7) is 3.94. The second-order valence-electron chi connectivity index (χ2n) is 5.29. The Bertz CT molecular complexity index is 278. The maximum atomic E-state index is 11.7. The third-order valence-corrected chi connectivity index (χ3v) is 3.37. The van der Waals surface area contributed by atoms with Crippen LogP contribution in [0.4, 0.5) is 0 Å². The first kappa shape index (κ1) is 23.2. The van der Waals surface area contributed by atoms with Crippen molar-refractivity contribution in [1.82, 2.24) is 5.06 Å². The molecule has 0 rings (SSSR count). The summed E-state index contributed by atoms with van der Waals surface area (Å²) in [5, 5.41) is 1.07. The van der Waals surface area contributed by atoms with Gasteiger partial charge in [0.05, 0.1) is 0 Å². The molecule has 0 aromatic rings. The minimum absolute atomic E-state index is 0. The van der Waals surface area contributed by atoms with E-state index in [1.807, 2.05) is 0 Å². The van der Waals surface area contributed by atoms with E-state index in [2.05, 4.69) is 6.92 Å². The van der Waals surface area contributed by atoms with Crippen molar-refractivity contribution < 1.29 is 45.4 Å². The molecule has 0 aromatic heterocycles. The van der Waals surface area contributed by atoms with Crippen LogP contribution in [0.3, 0.4) is 0 Å². The van der Waals surface area contributed by atoms with Crippen LogP contribution in [0.1, 0.15) is 85.9 Å². The van der Waals surface area contributed by atoms with Crippen molar-refractivity contribution in [2.24, 2.45) is 0 Å². The summed E-state index contributed by atoms with van der Waals surface area (Å²) in [6.07, 6.45) is 11.8. The smallest absolute Gasteiger partial charge is 1.00 e. The molecule has 0 aliphatic heterocycles. The van der Waals surface area contributed by atoms with Gasteiger partial charge in [0.25, 0.3) is 5.91 Å². The predicted molar refractivity (Wildman–Crippen MR) is 82.1 cm³/mol. The fraction of sp³-hybridized carbons (Fsp3) is 0.875. The molecule has 0 aliphatic rings. The maximum Gasteiger partial charge on any atom is 1.00 e. The molecule has 0 aliphatic carbocycles. The molecular formula is C16H32NNaO3. The molecule has 0 saturated carbocycles. The van der Waals surface area contributed by atoms with Crippen molar-refractivity contribution in [2.45, 2.75) is 84.5 Å². The van der Waals surface area contributed by atoms with Gasteiger partial charge in [-0.25, -0.2) is 4.79 Å². The number of amides is 1. The van der Waals surface area contributed by atoms with Crippen LogP contribution in [-0.2, 0) is 14.4 Å². The fourth-order valence-corrected chi connectivity index (χ4v) is 2.01. The topological polar surface area (TPSA) is 46.6 Å². The summed E-state index contributed by atoms with van der Waals surface area (Å²) in [6, 6.07) is 0. The van der Waals surface area contributed by atoms with Gasteiger partial charge in [-0.05, 0) is 6.42 Å². The van der Waals surface area contributed by atoms with Crippen LogP contribution in [0, 0.1) is 0 Å². The van der Waals surface area contributed by atoms with Crippen molar-refractivity contribution in [2.75, 3.05) is 7.05 Å². The van der Waals surface area contributed by atoms with Crippen molar-refractivity contribution >= 4 is 11.9 Å².